The highest BCUT2D eigenvalue weighted by atomic mass is 32.1. The van der Waals surface area contributed by atoms with Crippen molar-refractivity contribution in [2.45, 2.75) is 31.7 Å². The summed E-state index contributed by atoms with van der Waals surface area (Å²) in [5, 5.41) is 1.19. The minimum atomic E-state index is 0.299. The number of fused-ring (bicyclic) bond motifs is 1. The van der Waals surface area contributed by atoms with Gasteiger partial charge < -0.3 is 5.73 Å². The molecule has 2 aromatic rings. The molecule has 1 heterocycles. The first-order chi connectivity index (χ1) is 7.81. The van der Waals surface area contributed by atoms with E-state index in [1.54, 1.807) is 11.3 Å². The molecule has 1 fully saturated rings. The molecule has 0 amide bonds. The Morgan fingerprint density at radius 1 is 1.38 bits per heavy atom. The van der Waals surface area contributed by atoms with Crippen LogP contribution in [0.25, 0.3) is 10.2 Å². The van der Waals surface area contributed by atoms with E-state index in [4.69, 9.17) is 5.73 Å². The third kappa shape index (κ3) is 2.25. The highest BCUT2D eigenvalue weighted by Crippen LogP contribution is 2.34. The average Bonchev–Trinajstić information content (AvgIpc) is 2.97. The summed E-state index contributed by atoms with van der Waals surface area (Å²) in [6, 6.07) is 8.60. The van der Waals surface area contributed by atoms with Crippen molar-refractivity contribution in [3.05, 3.63) is 29.3 Å². The Kier molecular flexibility index (Phi) is 2.65. The van der Waals surface area contributed by atoms with Crippen LogP contribution in [0.15, 0.2) is 24.3 Å². The van der Waals surface area contributed by atoms with Gasteiger partial charge in [-0.3, -0.25) is 0 Å². The predicted octanol–water partition coefficient (Wildman–Crippen LogP) is 2.97. The van der Waals surface area contributed by atoms with Gasteiger partial charge in [-0.15, -0.1) is 11.3 Å². The monoisotopic (exact) mass is 232 g/mol. The number of benzene rings is 1. The van der Waals surface area contributed by atoms with Gasteiger partial charge in [0.1, 0.15) is 0 Å². The van der Waals surface area contributed by atoms with E-state index in [2.05, 4.69) is 23.2 Å². The average molecular weight is 232 g/mol. The molecule has 1 aliphatic rings. The largest absolute Gasteiger partial charge is 0.327 e. The van der Waals surface area contributed by atoms with Crippen LogP contribution in [0.3, 0.4) is 0 Å². The fraction of sp³-hybridized carbons (Fsp3) is 0.462. The van der Waals surface area contributed by atoms with Crippen LogP contribution in [0, 0.1) is 5.92 Å². The molecule has 0 radical (unpaired) electrons. The van der Waals surface area contributed by atoms with E-state index in [1.807, 2.05) is 6.07 Å². The van der Waals surface area contributed by atoms with Crippen molar-refractivity contribution < 1.29 is 0 Å². The molecule has 1 aromatic heterocycles. The lowest BCUT2D eigenvalue weighted by molar-refractivity contribution is 0.566. The van der Waals surface area contributed by atoms with Crippen molar-refractivity contribution in [1.82, 2.24) is 4.98 Å². The molecule has 1 aliphatic carbocycles. The standard InChI is InChI=1S/C13H16N2S/c14-10(7-9-5-6-9)8-13-15-11-3-1-2-4-12(11)16-13/h1-4,9-10H,5-8,14H2. The second-order valence-corrected chi connectivity index (χ2v) is 5.83. The molecule has 0 bridgehead atoms. The number of para-hydroxylation sites is 1. The number of aromatic nitrogens is 1. The second kappa shape index (κ2) is 4.15. The van der Waals surface area contributed by atoms with Crippen LogP contribution in [0.1, 0.15) is 24.3 Å². The van der Waals surface area contributed by atoms with Crippen molar-refractivity contribution in [1.29, 1.82) is 0 Å². The fourth-order valence-electron chi connectivity index (χ4n) is 2.10. The number of hydrogen-bond donors (Lipinski definition) is 1. The molecule has 3 rings (SSSR count). The summed E-state index contributed by atoms with van der Waals surface area (Å²) < 4.78 is 1.27. The summed E-state index contributed by atoms with van der Waals surface area (Å²) >= 11 is 1.78. The van der Waals surface area contributed by atoms with Gasteiger partial charge in [0.05, 0.1) is 15.2 Å². The van der Waals surface area contributed by atoms with Crippen LogP contribution >= 0.6 is 11.3 Å². The Balaban J connectivity index is 1.72. The fourth-order valence-corrected chi connectivity index (χ4v) is 3.16. The molecule has 1 unspecified atom stereocenters. The number of rotatable bonds is 4. The summed E-state index contributed by atoms with van der Waals surface area (Å²) in [5.41, 5.74) is 7.25. The van der Waals surface area contributed by atoms with Gasteiger partial charge in [-0.2, -0.15) is 0 Å². The van der Waals surface area contributed by atoms with Gasteiger partial charge in [-0.1, -0.05) is 25.0 Å². The van der Waals surface area contributed by atoms with Crippen molar-refractivity contribution in [2.24, 2.45) is 11.7 Å². The number of nitrogens with two attached hydrogens (primary N) is 1. The van der Waals surface area contributed by atoms with E-state index >= 15 is 0 Å². The highest BCUT2D eigenvalue weighted by molar-refractivity contribution is 7.18. The maximum absolute atomic E-state index is 6.14. The zero-order chi connectivity index (χ0) is 11.0. The molecule has 16 heavy (non-hydrogen) atoms. The predicted molar refractivity (Wildman–Crippen MR) is 68.6 cm³/mol. The van der Waals surface area contributed by atoms with Crippen molar-refractivity contribution in [2.75, 3.05) is 0 Å². The summed E-state index contributed by atoms with van der Waals surface area (Å²) in [7, 11) is 0. The Morgan fingerprint density at radius 2 is 2.19 bits per heavy atom. The van der Waals surface area contributed by atoms with Gasteiger partial charge in [0.15, 0.2) is 0 Å². The van der Waals surface area contributed by atoms with E-state index in [0.29, 0.717) is 6.04 Å². The van der Waals surface area contributed by atoms with Crippen molar-refractivity contribution in [3.8, 4) is 0 Å². The zero-order valence-electron chi connectivity index (χ0n) is 9.23. The van der Waals surface area contributed by atoms with Gasteiger partial charge in [0.25, 0.3) is 0 Å². The molecule has 3 heteroatoms. The molecule has 1 saturated carbocycles. The molecular formula is C13H16N2S. The molecule has 1 aromatic carbocycles. The Morgan fingerprint density at radius 3 is 2.94 bits per heavy atom. The summed E-state index contributed by atoms with van der Waals surface area (Å²) in [6.07, 6.45) is 4.88. The number of nitrogens with zero attached hydrogens (tertiary/aromatic N) is 1. The third-order valence-corrected chi connectivity index (χ3v) is 4.17. The van der Waals surface area contributed by atoms with Crippen LogP contribution in [0.5, 0.6) is 0 Å². The minimum absolute atomic E-state index is 0.299. The first-order valence-corrected chi connectivity index (χ1v) is 6.73. The van der Waals surface area contributed by atoms with Gasteiger partial charge in [-0.05, 0) is 24.5 Å². The van der Waals surface area contributed by atoms with Gasteiger partial charge in [-0.25, -0.2) is 4.98 Å². The number of thiazole rings is 1. The molecule has 2 N–H and O–H groups in total. The van der Waals surface area contributed by atoms with Crippen LogP contribution in [0.2, 0.25) is 0 Å². The Hall–Kier alpha value is -0.930. The third-order valence-electron chi connectivity index (χ3n) is 3.11. The lowest BCUT2D eigenvalue weighted by atomic mass is 10.1. The minimum Gasteiger partial charge on any atom is -0.327 e. The van der Waals surface area contributed by atoms with E-state index in [1.165, 1.54) is 29.0 Å². The molecule has 84 valence electrons. The van der Waals surface area contributed by atoms with E-state index in [-0.39, 0.29) is 0 Å². The Labute approximate surface area is 99.5 Å². The van der Waals surface area contributed by atoms with Crippen molar-refractivity contribution in [3.63, 3.8) is 0 Å². The quantitative estimate of drug-likeness (QED) is 0.880. The molecule has 0 saturated heterocycles. The highest BCUT2D eigenvalue weighted by Gasteiger charge is 2.24. The smallest absolute Gasteiger partial charge is 0.0954 e. The Bertz CT molecular complexity index is 454. The SMILES string of the molecule is NC(Cc1nc2ccccc2s1)CC1CC1. The lowest BCUT2D eigenvalue weighted by Crippen LogP contribution is -2.23. The topological polar surface area (TPSA) is 38.9 Å². The normalized spacial score (nSPS) is 17.8. The molecule has 0 aliphatic heterocycles. The second-order valence-electron chi connectivity index (χ2n) is 4.72. The maximum atomic E-state index is 6.14. The van der Waals surface area contributed by atoms with Crippen LogP contribution < -0.4 is 5.73 Å². The molecule has 1 atom stereocenters. The van der Waals surface area contributed by atoms with Crippen LogP contribution in [0.4, 0.5) is 0 Å². The molecule has 0 spiro atoms. The first kappa shape index (κ1) is 10.2. The number of hydrogen-bond acceptors (Lipinski definition) is 3. The molecule has 2 nitrogen and oxygen atoms in total. The van der Waals surface area contributed by atoms with Crippen LogP contribution in [-0.2, 0) is 6.42 Å². The van der Waals surface area contributed by atoms with Gasteiger partial charge in [0.2, 0.25) is 0 Å². The summed E-state index contributed by atoms with van der Waals surface area (Å²) in [5.74, 6) is 0.907. The lowest BCUT2D eigenvalue weighted by Gasteiger charge is -2.07. The maximum Gasteiger partial charge on any atom is 0.0954 e. The zero-order valence-corrected chi connectivity index (χ0v) is 10.0. The van der Waals surface area contributed by atoms with Crippen molar-refractivity contribution >= 4 is 21.6 Å². The summed E-state index contributed by atoms with van der Waals surface area (Å²) in [4.78, 5) is 4.62. The first-order valence-electron chi connectivity index (χ1n) is 5.91. The van der Waals surface area contributed by atoms with E-state index in [0.717, 1.165) is 17.9 Å². The van der Waals surface area contributed by atoms with Gasteiger partial charge >= 0.3 is 0 Å². The van der Waals surface area contributed by atoms with Crippen LogP contribution in [-0.4, -0.2) is 11.0 Å². The van der Waals surface area contributed by atoms with E-state index < -0.39 is 0 Å². The molecular weight excluding hydrogens is 216 g/mol. The van der Waals surface area contributed by atoms with E-state index in [9.17, 15) is 0 Å². The van der Waals surface area contributed by atoms with Gasteiger partial charge in [0, 0.05) is 12.5 Å². The summed E-state index contributed by atoms with van der Waals surface area (Å²) in [6.45, 7) is 0.